The first-order valence-electron chi connectivity index (χ1n) is 5.78. The maximum absolute atomic E-state index is 11.7. The zero-order chi connectivity index (χ0) is 16.0. The van der Waals surface area contributed by atoms with Gasteiger partial charge in [0, 0.05) is 11.8 Å². The van der Waals surface area contributed by atoms with Gasteiger partial charge in [-0.3, -0.25) is 4.79 Å². The second kappa shape index (κ2) is 7.23. The van der Waals surface area contributed by atoms with E-state index in [1.54, 1.807) is 12.1 Å². The highest BCUT2D eigenvalue weighted by Gasteiger charge is 2.18. The average Bonchev–Trinajstić information content (AvgIpc) is 2.35. The van der Waals surface area contributed by atoms with Crippen LogP contribution in [0.5, 0.6) is 11.5 Å². The van der Waals surface area contributed by atoms with Crippen LogP contribution in [0.4, 0.5) is 5.69 Å². The number of ether oxygens (including phenoxy) is 2. The molecule has 3 N–H and O–H groups in total. The third-order valence-corrected chi connectivity index (χ3v) is 4.16. The second-order valence-electron chi connectivity index (χ2n) is 4.12. The molecular formula is C12H16N2O5S2. The topological polar surface area (TPSA) is 108 Å². The monoisotopic (exact) mass is 332 g/mol. The van der Waals surface area contributed by atoms with E-state index in [4.69, 9.17) is 15.2 Å². The zero-order valence-electron chi connectivity index (χ0n) is 11.6. The van der Waals surface area contributed by atoms with E-state index in [1.807, 2.05) is 0 Å². The van der Waals surface area contributed by atoms with Crippen LogP contribution in [0.3, 0.4) is 0 Å². The second-order valence-corrected chi connectivity index (χ2v) is 6.71. The van der Waals surface area contributed by atoms with Crippen LogP contribution in [0.25, 0.3) is 0 Å². The van der Waals surface area contributed by atoms with Crippen molar-refractivity contribution >= 4 is 38.6 Å². The minimum absolute atomic E-state index is 0.172. The molecule has 0 aliphatic heterocycles. The van der Waals surface area contributed by atoms with Gasteiger partial charge in [-0.25, -0.2) is 8.42 Å². The number of amides is 1. The zero-order valence-corrected chi connectivity index (χ0v) is 13.2. The Morgan fingerprint density at radius 2 is 1.86 bits per heavy atom. The third kappa shape index (κ3) is 5.56. The molecule has 9 heteroatoms. The Morgan fingerprint density at radius 1 is 1.24 bits per heavy atom. The van der Waals surface area contributed by atoms with E-state index in [9.17, 15) is 13.2 Å². The first-order valence-corrected chi connectivity index (χ1v) is 8.01. The fourth-order valence-electron chi connectivity index (χ4n) is 1.58. The van der Waals surface area contributed by atoms with Crippen molar-refractivity contribution in [2.45, 2.75) is 0 Å². The van der Waals surface area contributed by atoms with Crippen LogP contribution in [-0.2, 0) is 14.6 Å². The predicted octanol–water partition coefficient (Wildman–Crippen LogP) is 0.343. The van der Waals surface area contributed by atoms with E-state index >= 15 is 0 Å². The summed E-state index contributed by atoms with van der Waals surface area (Å²) in [5.74, 6) is -0.961. The van der Waals surface area contributed by atoms with Crippen molar-refractivity contribution < 1.29 is 22.7 Å². The molecule has 0 spiro atoms. The summed E-state index contributed by atoms with van der Waals surface area (Å²) in [7, 11) is -0.724. The number of sulfone groups is 1. The molecule has 0 atom stereocenters. The van der Waals surface area contributed by atoms with Gasteiger partial charge in [-0.05, 0) is 12.1 Å². The third-order valence-electron chi connectivity index (χ3n) is 2.38. The number of hydrogen-bond acceptors (Lipinski definition) is 6. The molecule has 21 heavy (non-hydrogen) atoms. The molecule has 1 aromatic rings. The van der Waals surface area contributed by atoms with Gasteiger partial charge in [0.15, 0.2) is 21.3 Å². The van der Waals surface area contributed by atoms with Crippen molar-refractivity contribution in [1.29, 1.82) is 0 Å². The van der Waals surface area contributed by atoms with Crippen LogP contribution in [0, 0.1) is 0 Å². The van der Waals surface area contributed by atoms with Gasteiger partial charge in [-0.15, -0.1) is 0 Å². The fraction of sp³-hybridized carbons (Fsp3) is 0.333. The Labute approximate surface area is 128 Å². The molecule has 0 unspecified atom stereocenters. The van der Waals surface area contributed by atoms with Crippen LogP contribution >= 0.6 is 12.2 Å². The highest BCUT2D eigenvalue weighted by molar-refractivity contribution is 7.94. The molecule has 0 bridgehead atoms. The number of nitrogens with one attached hydrogen (secondary N) is 1. The van der Waals surface area contributed by atoms with E-state index in [0.29, 0.717) is 17.2 Å². The van der Waals surface area contributed by atoms with Crippen LogP contribution < -0.4 is 20.5 Å². The van der Waals surface area contributed by atoms with Gasteiger partial charge in [0.1, 0.15) is 11.5 Å². The summed E-state index contributed by atoms with van der Waals surface area (Å²) in [6, 6.07) is 4.69. The van der Waals surface area contributed by atoms with Gasteiger partial charge >= 0.3 is 0 Å². The number of rotatable bonds is 7. The lowest BCUT2D eigenvalue weighted by molar-refractivity contribution is -0.113. The van der Waals surface area contributed by atoms with Crippen molar-refractivity contribution in [3.8, 4) is 11.5 Å². The fourth-order valence-corrected chi connectivity index (χ4v) is 3.12. The lowest BCUT2D eigenvalue weighted by Gasteiger charge is -2.10. The summed E-state index contributed by atoms with van der Waals surface area (Å²) in [6.07, 6.45) is 0. The highest BCUT2D eigenvalue weighted by atomic mass is 32.2. The number of nitrogens with two attached hydrogens (primary N) is 1. The largest absolute Gasteiger partial charge is 0.493 e. The molecule has 0 radical (unpaired) electrons. The van der Waals surface area contributed by atoms with Gasteiger partial charge in [0.2, 0.25) is 5.91 Å². The molecule has 0 saturated carbocycles. The molecule has 0 aliphatic rings. The van der Waals surface area contributed by atoms with Gasteiger partial charge in [-0.1, -0.05) is 12.2 Å². The quantitative estimate of drug-likeness (QED) is 0.693. The normalized spacial score (nSPS) is 10.8. The maximum atomic E-state index is 11.7. The van der Waals surface area contributed by atoms with Crippen LogP contribution in [-0.4, -0.2) is 45.0 Å². The maximum Gasteiger partial charge on any atom is 0.239 e. The molecule has 0 aliphatic carbocycles. The lowest BCUT2D eigenvalue weighted by atomic mass is 10.2. The Hall–Kier alpha value is -1.87. The number of thiocarbonyl (C=S) groups is 1. The Bertz CT molecular complexity index is 643. The van der Waals surface area contributed by atoms with Crippen molar-refractivity contribution in [1.82, 2.24) is 0 Å². The van der Waals surface area contributed by atoms with Crippen molar-refractivity contribution in [2.24, 2.45) is 5.73 Å². The minimum Gasteiger partial charge on any atom is -0.493 e. The average molecular weight is 332 g/mol. The van der Waals surface area contributed by atoms with Crippen molar-refractivity contribution in [3.63, 3.8) is 0 Å². The number of benzene rings is 1. The van der Waals surface area contributed by atoms with Gasteiger partial charge in [0.05, 0.1) is 19.2 Å². The van der Waals surface area contributed by atoms with E-state index in [1.165, 1.54) is 20.3 Å². The van der Waals surface area contributed by atoms with E-state index < -0.39 is 27.3 Å². The molecule has 0 fully saturated rings. The predicted molar refractivity (Wildman–Crippen MR) is 83.6 cm³/mol. The first kappa shape index (κ1) is 17.2. The smallest absolute Gasteiger partial charge is 0.239 e. The van der Waals surface area contributed by atoms with E-state index in [2.05, 4.69) is 17.5 Å². The number of hydrogen-bond donors (Lipinski definition) is 2. The van der Waals surface area contributed by atoms with Gasteiger partial charge < -0.3 is 20.5 Å². The van der Waals surface area contributed by atoms with Crippen LogP contribution in [0.1, 0.15) is 0 Å². The summed E-state index contributed by atoms with van der Waals surface area (Å²) in [5.41, 5.74) is 5.56. The highest BCUT2D eigenvalue weighted by Crippen LogP contribution is 2.29. The number of methoxy groups -OCH3 is 2. The van der Waals surface area contributed by atoms with Crippen LogP contribution in [0.15, 0.2) is 18.2 Å². The standard InChI is InChI=1S/C12H16N2O5S2/c1-18-9-4-3-8(5-10(9)19-2)14-12(15)7-21(16,17)6-11(13)20/h3-5H,6-7H2,1-2H3,(H2,13,20)(H,14,15). The molecule has 1 aromatic carbocycles. The molecule has 0 heterocycles. The first-order chi connectivity index (χ1) is 9.77. The molecular weight excluding hydrogens is 316 g/mol. The van der Waals surface area contributed by atoms with Crippen LogP contribution in [0.2, 0.25) is 0 Å². The van der Waals surface area contributed by atoms with E-state index in [0.717, 1.165) is 0 Å². The molecule has 1 amide bonds. The summed E-state index contributed by atoms with van der Waals surface area (Å²) in [4.78, 5) is 11.5. The van der Waals surface area contributed by atoms with Gasteiger partial charge in [0.25, 0.3) is 0 Å². The Morgan fingerprint density at radius 3 is 2.38 bits per heavy atom. The van der Waals surface area contributed by atoms with Gasteiger partial charge in [-0.2, -0.15) is 0 Å². The minimum atomic E-state index is -3.66. The summed E-state index contributed by atoms with van der Waals surface area (Å²) in [6.45, 7) is 0. The number of carbonyl (C=O) groups is 1. The molecule has 0 saturated heterocycles. The molecule has 0 aromatic heterocycles. The molecule has 1 rings (SSSR count). The Balaban J connectivity index is 2.78. The van der Waals surface area contributed by atoms with Crippen molar-refractivity contribution in [2.75, 3.05) is 31.0 Å². The van der Waals surface area contributed by atoms with Crippen molar-refractivity contribution in [3.05, 3.63) is 18.2 Å². The number of carbonyl (C=O) groups excluding carboxylic acids is 1. The summed E-state index contributed by atoms with van der Waals surface area (Å²) < 4.78 is 33.3. The van der Waals surface area contributed by atoms with E-state index in [-0.39, 0.29) is 4.99 Å². The number of anilines is 1. The summed E-state index contributed by atoms with van der Waals surface area (Å²) >= 11 is 4.52. The molecule has 116 valence electrons. The SMILES string of the molecule is COc1ccc(NC(=O)CS(=O)(=O)CC(N)=S)cc1OC. The summed E-state index contributed by atoms with van der Waals surface area (Å²) in [5, 5.41) is 2.46. The molecule has 7 nitrogen and oxygen atoms in total. The Kier molecular flexibility index (Phi) is 5.91. The lowest BCUT2D eigenvalue weighted by Crippen LogP contribution is -2.29.